The van der Waals surface area contributed by atoms with E-state index in [2.05, 4.69) is 9.62 Å². The number of halogens is 1. The highest BCUT2D eigenvalue weighted by atomic mass is 35.5. The van der Waals surface area contributed by atoms with E-state index in [1.54, 1.807) is 6.07 Å². The first kappa shape index (κ1) is 25.0. The number of para-hydroxylation sites is 1. The van der Waals surface area contributed by atoms with Crippen molar-refractivity contribution in [2.75, 3.05) is 42.1 Å². The van der Waals surface area contributed by atoms with E-state index in [9.17, 15) is 13.2 Å². The maximum absolute atomic E-state index is 13.1. The van der Waals surface area contributed by atoms with Gasteiger partial charge in [-0.25, -0.2) is 8.42 Å². The minimum atomic E-state index is -3.28. The molecular weight excluding hydrogens is 474 g/mol. The van der Waals surface area contributed by atoms with Crippen LogP contribution in [0.3, 0.4) is 0 Å². The van der Waals surface area contributed by atoms with E-state index in [1.807, 2.05) is 53.4 Å². The molecule has 2 aliphatic heterocycles. The van der Waals surface area contributed by atoms with Crippen molar-refractivity contribution in [1.29, 1.82) is 0 Å². The van der Waals surface area contributed by atoms with Gasteiger partial charge in [-0.15, -0.1) is 12.4 Å². The van der Waals surface area contributed by atoms with Crippen molar-refractivity contribution < 1.29 is 17.9 Å². The number of carbonyl (C=O) groups excluding carboxylic acids is 1. The van der Waals surface area contributed by atoms with Crippen molar-refractivity contribution in [3.63, 3.8) is 0 Å². The fourth-order valence-corrected chi connectivity index (χ4v) is 5.63. The molecular formula is C25H32ClN3O4S. The first-order valence-corrected chi connectivity index (χ1v) is 13.5. The Morgan fingerprint density at radius 2 is 1.71 bits per heavy atom. The number of nitrogens with one attached hydrogen (secondary N) is 1. The molecule has 3 fully saturated rings. The van der Waals surface area contributed by atoms with Crippen molar-refractivity contribution >= 4 is 39.7 Å². The highest BCUT2D eigenvalue weighted by Crippen LogP contribution is 2.50. The first-order chi connectivity index (χ1) is 15.8. The second kappa shape index (κ2) is 9.49. The van der Waals surface area contributed by atoms with Gasteiger partial charge in [0.05, 0.1) is 18.4 Å². The number of rotatable bonds is 6. The van der Waals surface area contributed by atoms with Crippen LogP contribution in [0.25, 0.3) is 0 Å². The highest BCUT2D eigenvalue weighted by molar-refractivity contribution is 7.92. The van der Waals surface area contributed by atoms with E-state index in [0.717, 1.165) is 69.2 Å². The van der Waals surface area contributed by atoms with Crippen LogP contribution in [0.2, 0.25) is 0 Å². The van der Waals surface area contributed by atoms with E-state index >= 15 is 0 Å². The number of hydrogen-bond acceptors (Lipinski definition) is 5. The molecule has 1 saturated carbocycles. The van der Waals surface area contributed by atoms with Crippen LogP contribution < -0.4 is 9.62 Å². The van der Waals surface area contributed by atoms with Crippen LogP contribution in [0.15, 0.2) is 54.6 Å². The van der Waals surface area contributed by atoms with E-state index in [1.165, 1.54) is 0 Å². The molecule has 5 rings (SSSR count). The zero-order chi connectivity index (χ0) is 23.1. The number of likely N-dealkylation sites (tertiary alicyclic amines) is 1. The molecule has 1 N–H and O–H groups in total. The lowest BCUT2D eigenvalue weighted by Crippen LogP contribution is -2.63. The summed E-state index contributed by atoms with van der Waals surface area (Å²) in [5.74, 6) is 0.115. The number of piperidine rings is 1. The molecule has 0 aromatic heterocycles. The maximum Gasteiger partial charge on any atom is 0.259 e. The summed E-state index contributed by atoms with van der Waals surface area (Å²) < 4.78 is 32.1. The van der Waals surface area contributed by atoms with Crippen molar-refractivity contribution in [2.24, 2.45) is 0 Å². The molecule has 2 aromatic carbocycles. The average Bonchev–Trinajstić information content (AvgIpc) is 3.56. The van der Waals surface area contributed by atoms with Crippen LogP contribution in [0.5, 0.6) is 0 Å². The summed E-state index contributed by atoms with van der Waals surface area (Å²) in [7, 11) is -3.28. The zero-order valence-corrected chi connectivity index (χ0v) is 21.0. The summed E-state index contributed by atoms with van der Waals surface area (Å²) in [5, 5.41) is 0. The Labute approximate surface area is 207 Å². The van der Waals surface area contributed by atoms with E-state index in [4.69, 9.17) is 4.74 Å². The lowest BCUT2D eigenvalue weighted by Gasteiger charge is -2.50. The van der Waals surface area contributed by atoms with Crippen molar-refractivity contribution in [1.82, 2.24) is 4.90 Å². The Morgan fingerprint density at radius 3 is 2.35 bits per heavy atom. The fourth-order valence-electron chi connectivity index (χ4n) is 5.08. The molecule has 2 heterocycles. The molecule has 184 valence electrons. The number of nitrogens with zero attached hydrogens (tertiary/aromatic N) is 2. The lowest BCUT2D eigenvalue weighted by molar-refractivity contribution is -0.172. The highest BCUT2D eigenvalue weighted by Gasteiger charge is 2.62. The van der Waals surface area contributed by atoms with Gasteiger partial charge in [0.2, 0.25) is 10.0 Å². The minimum Gasteiger partial charge on any atom is -0.357 e. The Morgan fingerprint density at radius 1 is 1.00 bits per heavy atom. The van der Waals surface area contributed by atoms with Crippen molar-refractivity contribution in [3.8, 4) is 0 Å². The fraction of sp³-hybridized carbons (Fsp3) is 0.480. The van der Waals surface area contributed by atoms with Gasteiger partial charge >= 0.3 is 0 Å². The summed E-state index contributed by atoms with van der Waals surface area (Å²) in [4.78, 5) is 17.5. The second-order valence-electron chi connectivity index (χ2n) is 9.67. The third kappa shape index (κ3) is 5.40. The lowest BCUT2D eigenvalue weighted by atomic mass is 9.87. The Hall–Kier alpha value is -2.13. The molecule has 3 aliphatic rings. The number of benzene rings is 2. The molecule has 0 bridgehead atoms. The number of amides is 1. The zero-order valence-electron chi connectivity index (χ0n) is 19.4. The molecule has 0 unspecified atom stereocenters. The monoisotopic (exact) mass is 505 g/mol. The van der Waals surface area contributed by atoms with Crippen LogP contribution in [0.4, 0.5) is 11.4 Å². The normalized spacial score (nSPS) is 21.3. The summed E-state index contributed by atoms with van der Waals surface area (Å²) >= 11 is 0. The van der Waals surface area contributed by atoms with Gasteiger partial charge in [0, 0.05) is 31.0 Å². The molecule has 34 heavy (non-hydrogen) atoms. The maximum atomic E-state index is 13.1. The molecule has 1 aliphatic carbocycles. The topological polar surface area (TPSA) is 79.0 Å². The van der Waals surface area contributed by atoms with Gasteiger partial charge in [-0.05, 0) is 61.9 Å². The Kier molecular flexibility index (Phi) is 6.97. The number of anilines is 2. The van der Waals surface area contributed by atoms with Crippen LogP contribution in [-0.2, 0) is 26.0 Å². The molecule has 9 heteroatoms. The van der Waals surface area contributed by atoms with Gasteiger partial charge in [0.15, 0.2) is 0 Å². The van der Waals surface area contributed by atoms with Crippen molar-refractivity contribution in [2.45, 2.75) is 43.3 Å². The Balaban J connectivity index is 0.00000274. The van der Waals surface area contributed by atoms with Gasteiger partial charge in [-0.3, -0.25) is 9.52 Å². The average molecular weight is 506 g/mol. The largest absolute Gasteiger partial charge is 0.357 e. The number of hydrogen-bond donors (Lipinski definition) is 1. The summed E-state index contributed by atoms with van der Waals surface area (Å²) in [5.41, 5.74) is 1.78. The van der Waals surface area contributed by atoms with E-state index in [-0.39, 0.29) is 23.9 Å². The molecule has 1 amide bonds. The van der Waals surface area contributed by atoms with Gasteiger partial charge in [0.25, 0.3) is 5.91 Å². The number of morpholine rings is 1. The smallest absolute Gasteiger partial charge is 0.259 e. The molecule has 2 aromatic rings. The van der Waals surface area contributed by atoms with Crippen LogP contribution >= 0.6 is 12.4 Å². The number of ether oxygens (including phenoxy) is 1. The third-order valence-electron chi connectivity index (χ3n) is 6.98. The summed E-state index contributed by atoms with van der Waals surface area (Å²) in [6.45, 7) is 3.37. The third-order valence-corrected chi connectivity index (χ3v) is 7.59. The van der Waals surface area contributed by atoms with Gasteiger partial charge in [0.1, 0.15) is 5.60 Å². The molecule has 7 nitrogen and oxygen atoms in total. The second-order valence-corrected chi connectivity index (χ2v) is 11.4. The Bertz CT molecular complexity index is 1130. The van der Waals surface area contributed by atoms with Crippen LogP contribution in [0.1, 0.15) is 31.2 Å². The summed E-state index contributed by atoms with van der Waals surface area (Å²) in [6, 6.07) is 17.5. The SMILES string of the molecule is CS(=O)(=O)Nc1cccc(CCN2CCC3(CC2)CN(c2ccccc2)C(=O)C2(CC2)O3)c1.Cl. The van der Waals surface area contributed by atoms with Crippen molar-refractivity contribution in [3.05, 3.63) is 60.2 Å². The van der Waals surface area contributed by atoms with Gasteiger partial charge in [-0.1, -0.05) is 30.3 Å². The standard InChI is InChI=1S/C25H31N3O4S.ClH/c1-33(30,31)26-21-7-5-6-20(18-21)10-15-27-16-13-24(14-17-27)19-28(22-8-3-2-4-9-22)23(29)25(32-24)11-12-25;/h2-9,18,26H,10-17,19H2,1H3;1H. The number of sulfonamides is 1. The summed E-state index contributed by atoms with van der Waals surface area (Å²) in [6.07, 6.45) is 5.46. The van der Waals surface area contributed by atoms with Crippen LogP contribution in [-0.4, -0.2) is 62.9 Å². The predicted molar refractivity (Wildman–Crippen MR) is 136 cm³/mol. The molecule has 2 saturated heterocycles. The number of carbonyl (C=O) groups is 1. The minimum absolute atomic E-state index is 0. The molecule has 0 atom stereocenters. The van der Waals surface area contributed by atoms with Crippen LogP contribution in [0, 0.1) is 0 Å². The van der Waals surface area contributed by atoms with E-state index < -0.39 is 15.6 Å². The van der Waals surface area contributed by atoms with E-state index in [0.29, 0.717) is 12.2 Å². The first-order valence-electron chi connectivity index (χ1n) is 11.6. The molecule has 0 radical (unpaired) electrons. The van der Waals surface area contributed by atoms with Gasteiger partial charge < -0.3 is 14.5 Å². The predicted octanol–water partition coefficient (Wildman–Crippen LogP) is 3.45. The quantitative estimate of drug-likeness (QED) is 0.650. The van der Waals surface area contributed by atoms with Gasteiger partial charge in [-0.2, -0.15) is 0 Å². The molecule has 2 spiro atoms.